The lowest BCUT2D eigenvalue weighted by Gasteiger charge is -2.23. The van der Waals surface area contributed by atoms with Gasteiger partial charge in [-0.25, -0.2) is 4.98 Å². The van der Waals surface area contributed by atoms with Crippen molar-refractivity contribution in [2.45, 2.75) is 38.6 Å². The van der Waals surface area contributed by atoms with E-state index in [0.29, 0.717) is 11.7 Å². The molecule has 2 aromatic carbocycles. The van der Waals surface area contributed by atoms with Gasteiger partial charge in [0.05, 0.1) is 5.52 Å². The maximum atomic E-state index is 6.36. The second-order valence-corrected chi connectivity index (χ2v) is 9.21. The van der Waals surface area contributed by atoms with Crippen LogP contribution in [0.1, 0.15) is 35.1 Å². The van der Waals surface area contributed by atoms with Crippen LogP contribution in [0.5, 0.6) is 0 Å². The number of hydrogen-bond donors (Lipinski definition) is 2. The highest BCUT2D eigenvalue weighted by Gasteiger charge is 2.15. The normalized spacial score (nSPS) is 13.7. The van der Waals surface area contributed by atoms with Gasteiger partial charge in [-0.2, -0.15) is 0 Å². The van der Waals surface area contributed by atoms with Crippen molar-refractivity contribution in [3.8, 4) is 0 Å². The minimum absolute atomic E-state index is 0.125. The molecule has 2 atom stereocenters. The molecule has 4 rings (SSSR count). The highest BCUT2D eigenvalue weighted by Crippen LogP contribution is 2.28. The minimum atomic E-state index is 0.125. The zero-order chi connectivity index (χ0) is 22.8. The fourth-order valence-electron chi connectivity index (χ4n) is 4.30. The Hall–Kier alpha value is -3.02. The number of likely N-dealkylation sites (N-methyl/N-ethyl adjacent to an activating group) is 1. The molecule has 2 aromatic heterocycles. The summed E-state index contributed by atoms with van der Waals surface area (Å²) in [7, 11) is 4.12. The van der Waals surface area contributed by atoms with Crippen molar-refractivity contribution in [2.24, 2.45) is 5.73 Å². The molecule has 0 saturated heterocycles. The predicted octanol–water partition coefficient (Wildman–Crippen LogP) is 4.45. The van der Waals surface area contributed by atoms with Gasteiger partial charge in [0.25, 0.3) is 0 Å². The highest BCUT2D eigenvalue weighted by atomic mass is 15.1. The minimum Gasteiger partial charge on any atom is -0.382 e. The molecule has 0 saturated carbocycles. The molecule has 4 aromatic rings. The molecule has 4 N–H and O–H groups in total. The summed E-state index contributed by atoms with van der Waals surface area (Å²) in [5.41, 5.74) is 19.2. The third-order valence-corrected chi connectivity index (χ3v) is 6.30. The molecule has 0 aliphatic heterocycles. The van der Waals surface area contributed by atoms with E-state index in [4.69, 9.17) is 11.5 Å². The Labute approximate surface area is 190 Å². The van der Waals surface area contributed by atoms with Gasteiger partial charge in [-0.3, -0.25) is 4.98 Å². The van der Waals surface area contributed by atoms with Crippen molar-refractivity contribution < 1.29 is 0 Å². The number of hydrogen-bond acceptors (Lipinski definition) is 5. The number of aryl methyl sites for hydroxylation is 3. The summed E-state index contributed by atoms with van der Waals surface area (Å²) in [6.45, 7) is 5.15. The van der Waals surface area contributed by atoms with E-state index in [2.05, 4.69) is 91.3 Å². The second kappa shape index (κ2) is 9.23. The van der Waals surface area contributed by atoms with Gasteiger partial charge in [0.1, 0.15) is 5.52 Å². The van der Waals surface area contributed by atoms with Gasteiger partial charge in [-0.1, -0.05) is 43.3 Å². The quantitative estimate of drug-likeness (QED) is 0.426. The average molecular weight is 428 g/mol. The molecular formula is C27H33N5. The third-order valence-electron chi connectivity index (χ3n) is 6.30. The van der Waals surface area contributed by atoms with E-state index in [-0.39, 0.29) is 6.04 Å². The summed E-state index contributed by atoms with van der Waals surface area (Å²) >= 11 is 0. The van der Waals surface area contributed by atoms with Crippen LogP contribution in [-0.2, 0) is 12.8 Å². The third kappa shape index (κ3) is 4.74. The lowest BCUT2D eigenvalue weighted by atomic mass is 9.92. The van der Waals surface area contributed by atoms with Crippen LogP contribution in [-0.4, -0.2) is 41.5 Å². The first-order valence-corrected chi connectivity index (χ1v) is 11.3. The smallest absolute Gasteiger partial charge is 0.150 e. The summed E-state index contributed by atoms with van der Waals surface area (Å²) in [5.74, 6) is 0.814. The Morgan fingerprint density at radius 3 is 2.38 bits per heavy atom. The maximum Gasteiger partial charge on any atom is 0.150 e. The van der Waals surface area contributed by atoms with Crippen LogP contribution in [0.15, 0.2) is 54.7 Å². The van der Waals surface area contributed by atoms with Crippen molar-refractivity contribution in [2.75, 3.05) is 26.4 Å². The molecule has 0 fully saturated rings. The Morgan fingerprint density at radius 1 is 0.938 bits per heavy atom. The van der Waals surface area contributed by atoms with Crippen LogP contribution in [0.4, 0.5) is 5.82 Å². The SMILES string of the molecule is Cc1ccc2c(c1)nc(N)c1ncc(CCc3ccc(C(C)C(N)CN(C)C)cc3)cc12. The highest BCUT2D eigenvalue weighted by molar-refractivity contribution is 6.08. The van der Waals surface area contributed by atoms with Crippen molar-refractivity contribution >= 4 is 27.6 Å². The van der Waals surface area contributed by atoms with E-state index in [1.54, 1.807) is 0 Å². The number of nitrogen functional groups attached to an aromatic ring is 1. The van der Waals surface area contributed by atoms with Gasteiger partial charge in [0.2, 0.25) is 0 Å². The van der Waals surface area contributed by atoms with Gasteiger partial charge in [-0.05, 0) is 74.2 Å². The van der Waals surface area contributed by atoms with Crippen molar-refractivity contribution in [3.63, 3.8) is 0 Å². The van der Waals surface area contributed by atoms with Gasteiger partial charge < -0.3 is 16.4 Å². The van der Waals surface area contributed by atoms with Gasteiger partial charge in [-0.15, -0.1) is 0 Å². The monoisotopic (exact) mass is 427 g/mol. The summed E-state index contributed by atoms with van der Waals surface area (Å²) in [5, 5.41) is 2.17. The molecule has 32 heavy (non-hydrogen) atoms. The fraction of sp³-hybridized carbons (Fsp3) is 0.333. The van der Waals surface area contributed by atoms with Crippen LogP contribution in [0.25, 0.3) is 21.8 Å². The molecule has 5 heteroatoms. The van der Waals surface area contributed by atoms with E-state index in [1.165, 1.54) is 22.3 Å². The number of aromatic nitrogens is 2. The molecule has 0 amide bonds. The first-order chi connectivity index (χ1) is 15.3. The number of nitrogens with zero attached hydrogens (tertiary/aromatic N) is 3. The Morgan fingerprint density at radius 2 is 1.66 bits per heavy atom. The van der Waals surface area contributed by atoms with Crippen LogP contribution >= 0.6 is 0 Å². The fourth-order valence-corrected chi connectivity index (χ4v) is 4.30. The van der Waals surface area contributed by atoms with Crippen molar-refractivity contribution in [1.29, 1.82) is 0 Å². The van der Waals surface area contributed by atoms with Crippen LogP contribution in [0.3, 0.4) is 0 Å². The van der Waals surface area contributed by atoms with E-state index < -0.39 is 0 Å². The predicted molar refractivity (Wildman–Crippen MR) is 135 cm³/mol. The number of fused-ring (bicyclic) bond motifs is 3. The van der Waals surface area contributed by atoms with Crippen LogP contribution in [0.2, 0.25) is 0 Å². The van der Waals surface area contributed by atoms with E-state index in [9.17, 15) is 0 Å². The van der Waals surface area contributed by atoms with Crippen LogP contribution in [0, 0.1) is 6.92 Å². The molecule has 2 heterocycles. The number of rotatable bonds is 7. The summed E-state index contributed by atoms with van der Waals surface area (Å²) in [6.07, 6.45) is 3.81. The molecule has 0 spiro atoms. The Kier molecular flexibility index (Phi) is 6.40. The standard InChI is InChI=1S/C27H33N5/c1-17-5-12-22-23-14-20(15-30-26(23)27(29)31-25(22)13-17)7-6-19-8-10-21(11-9-19)18(2)24(28)16-32(3)4/h5,8-15,18,24H,6-7,16,28H2,1-4H3,(H2,29,31). The van der Waals surface area contributed by atoms with Crippen molar-refractivity contribution in [1.82, 2.24) is 14.9 Å². The second-order valence-electron chi connectivity index (χ2n) is 9.21. The largest absolute Gasteiger partial charge is 0.382 e. The zero-order valence-electron chi connectivity index (χ0n) is 19.5. The number of benzene rings is 2. The number of nitrogens with two attached hydrogens (primary N) is 2. The molecule has 166 valence electrons. The lowest BCUT2D eigenvalue weighted by molar-refractivity contribution is 0.352. The van der Waals surface area contributed by atoms with E-state index in [1.807, 2.05) is 6.20 Å². The van der Waals surface area contributed by atoms with Crippen molar-refractivity contribution in [3.05, 3.63) is 77.0 Å². The molecule has 0 bridgehead atoms. The Bertz CT molecular complexity index is 1230. The summed E-state index contributed by atoms with van der Waals surface area (Å²) in [4.78, 5) is 11.3. The molecule has 5 nitrogen and oxygen atoms in total. The van der Waals surface area contributed by atoms with Crippen LogP contribution < -0.4 is 11.5 Å². The number of pyridine rings is 2. The molecule has 0 aliphatic carbocycles. The molecule has 0 radical (unpaired) electrons. The summed E-state index contributed by atoms with van der Waals surface area (Å²) < 4.78 is 0. The first kappa shape index (κ1) is 22.2. The van der Waals surface area contributed by atoms with Gasteiger partial charge in [0.15, 0.2) is 5.82 Å². The number of anilines is 1. The average Bonchev–Trinajstić information content (AvgIpc) is 2.77. The topological polar surface area (TPSA) is 81.1 Å². The van der Waals surface area contributed by atoms with E-state index in [0.717, 1.165) is 41.2 Å². The zero-order valence-corrected chi connectivity index (χ0v) is 19.5. The van der Waals surface area contributed by atoms with Gasteiger partial charge >= 0.3 is 0 Å². The summed E-state index contributed by atoms with van der Waals surface area (Å²) in [6, 6.07) is 17.5. The molecule has 0 aliphatic rings. The van der Waals surface area contributed by atoms with E-state index >= 15 is 0 Å². The molecule has 2 unspecified atom stereocenters. The lowest BCUT2D eigenvalue weighted by Crippen LogP contribution is -2.37. The Balaban J connectivity index is 1.51. The molecular weight excluding hydrogens is 394 g/mol. The van der Waals surface area contributed by atoms with Gasteiger partial charge in [0, 0.05) is 29.6 Å². The maximum absolute atomic E-state index is 6.36. The first-order valence-electron chi connectivity index (χ1n) is 11.3.